The summed E-state index contributed by atoms with van der Waals surface area (Å²) in [5, 5.41) is 0. The first-order chi connectivity index (χ1) is 10.3. The highest BCUT2D eigenvalue weighted by atomic mass is 79.9. The molecule has 4 atom stereocenters. The SMILES string of the molecule is ClCCc1nc2cc(Br)ccc2n1C1C2C3CCC(C3)C21. The third-order valence-corrected chi connectivity index (χ3v) is 6.72. The Hall–Kier alpha value is -0.540. The molecule has 2 nitrogen and oxygen atoms in total. The number of nitrogens with zero attached hydrogens (tertiary/aromatic N) is 2. The third kappa shape index (κ3) is 1.74. The second-order valence-electron chi connectivity index (χ2n) is 6.95. The summed E-state index contributed by atoms with van der Waals surface area (Å²) in [7, 11) is 0. The van der Waals surface area contributed by atoms with E-state index in [-0.39, 0.29) is 0 Å². The van der Waals surface area contributed by atoms with Crippen LogP contribution in [-0.2, 0) is 6.42 Å². The Balaban J connectivity index is 1.63. The van der Waals surface area contributed by atoms with E-state index in [1.807, 2.05) is 0 Å². The zero-order valence-corrected chi connectivity index (χ0v) is 14.1. The summed E-state index contributed by atoms with van der Waals surface area (Å²) in [6, 6.07) is 7.20. The van der Waals surface area contributed by atoms with Crippen LogP contribution < -0.4 is 0 Å². The number of imidazole rings is 1. The summed E-state index contributed by atoms with van der Waals surface area (Å²) in [6.45, 7) is 0. The van der Waals surface area contributed by atoms with Crippen LogP contribution in [0.25, 0.3) is 11.0 Å². The molecule has 3 aliphatic carbocycles. The fourth-order valence-corrected chi connectivity index (χ4v) is 5.86. The van der Waals surface area contributed by atoms with E-state index >= 15 is 0 Å². The molecule has 1 aromatic heterocycles. The second kappa shape index (κ2) is 4.48. The highest BCUT2D eigenvalue weighted by molar-refractivity contribution is 9.10. The Morgan fingerprint density at radius 1 is 1.24 bits per heavy atom. The second-order valence-corrected chi connectivity index (χ2v) is 8.24. The molecule has 3 saturated carbocycles. The lowest BCUT2D eigenvalue weighted by molar-refractivity contribution is 0.452. The number of fused-ring (bicyclic) bond motifs is 6. The van der Waals surface area contributed by atoms with Crippen LogP contribution in [0.1, 0.15) is 31.1 Å². The number of rotatable bonds is 3. The molecule has 21 heavy (non-hydrogen) atoms. The van der Waals surface area contributed by atoms with E-state index in [0.717, 1.165) is 40.1 Å². The Morgan fingerprint density at radius 3 is 2.71 bits per heavy atom. The van der Waals surface area contributed by atoms with Crippen LogP contribution in [0.15, 0.2) is 22.7 Å². The number of benzene rings is 1. The van der Waals surface area contributed by atoms with Gasteiger partial charge in [0.05, 0.1) is 11.0 Å². The Kier molecular flexibility index (Phi) is 2.76. The van der Waals surface area contributed by atoms with Crippen molar-refractivity contribution in [2.75, 3.05) is 5.88 Å². The maximum Gasteiger partial charge on any atom is 0.111 e. The van der Waals surface area contributed by atoms with Gasteiger partial charge >= 0.3 is 0 Å². The molecule has 0 radical (unpaired) electrons. The van der Waals surface area contributed by atoms with Gasteiger partial charge in [-0.05, 0) is 61.1 Å². The molecule has 5 rings (SSSR count). The minimum atomic E-state index is 0.652. The van der Waals surface area contributed by atoms with Crippen LogP contribution in [0.2, 0.25) is 0 Å². The maximum absolute atomic E-state index is 6.02. The Bertz CT molecular complexity index is 709. The molecule has 4 unspecified atom stereocenters. The van der Waals surface area contributed by atoms with E-state index in [0.29, 0.717) is 11.9 Å². The summed E-state index contributed by atoms with van der Waals surface area (Å²) in [4.78, 5) is 4.87. The largest absolute Gasteiger partial charge is 0.324 e. The van der Waals surface area contributed by atoms with Crippen LogP contribution in [0.3, 0.4) is 0 Å². The van der Waals surface area contributed by atoms with Crippen molar-refractivity contribution in [1.29, 1.82) is 0 Å². The van der Waals surface area contributed by atoms with Crippen LogP contribution in [-0.4, -0.2) is 15.4 Å². The molecule has 3 aliphatic rings. The van der Waals surface area contributed by atoms with Gasteiger partial charge in [-0.25, -0.2) is 4.98 Å². The molecule has 2 bridgehead atoms. The van der Waals surface area contributed by atoms with Gasteiger partial charge in [0.25, 0.3) is 0 Å². The number of hydrogen-bond donors (Lipinski definition) is 0. The van der Waals surface area contributed by atoms with Crippen LogP contribution >= 0.6 is 27.5 Å². The predicted octanol–water partition coefficient (Wildman–Crippen LogP) is 4.80. The van der Waals surface area contributed by atoms with Crippen LogP contribution in [0, 0.1) is 23.7 Å². The van der Waals surface area contributed by atoms with E-state index in [2.05, 4.69) is 38.7 Å². The fourth-order valence-electron chi connectivity index (χ4n) is 5.34. The standard InChI is InChI=1S/C17H18BrClN2/c18-11-3-4-13-12(8-11)20-14(5-6-19)21(13)17-15-9-1-2-10(7-9)16(15)17/h3-4,8-10,15-17H,1-2,5-7H2. The van der Waals surface area contributed by atoms with Gasteiger partial charge in [-0.3, -0.25) is 0 Å². The zero-order valence-electron chi connectivity index (χ0n) is 11.8. The van der Waals surface area contributed by atoms with Gasteiger partial charge in [-0.15, -0.1) is 11.6 Å². The molecule has 3 fully saturated rings. The fraction of sp³-hybridized carbons (Fsp3) is 0.588. The molecule has 0 aliphatic heterocycles. The first kappa shape index (κ1) is 13.0. The average molecular weight is 366 g/mol. The van der Waals surface area contributed by atoms with Crippen molar-refractivity contribution >= 4 is 38.6 Å². The number of alkyl halides is 1. The quantitative estimate of drug-likeness (QED) is 0.715. The predicted molar refractivity (Wildman–Crippen MR) is 88.7 cm³/mol. The first-order valence-electron chi connectivity index (χ1n) is 8.00. The van der Waals surface area contributed by atoms with Crippen molar-refractivity contribution in [2.45, 2.75) is 31.7 Å². The van der Waals surface area contributed by atoms with E-state index in [9.17, 15) is 0 Å². The highest BCUT2D eigenvalue weighted by Crippen LogP contribution is 2.72. The number of aryl methyl sites for hydroxylation is 1. The first-order valence-corrected chi connectivity index (χ1v) is 9.33. The van der Waals surface area contributed by atoms with Crippen molar-refractivity contribution in [2.24, 2.45) is 23.7 Å². The van der Waals surface area contributed by atoms with Crippen molar-refractivity contribution in [3.63, 3.8) is 0 Å². The summed E-state index contributed by atoms with van der Waals surface area (Å²) >= 11 is 9.58. The van der Waals surface area contributed by atoms with Gasteiger partial charge < -0.3 is 4.57 Å². The van der Waals surface area contributed by atoms with E-state index in [4.69, 9.17) is 16.6 Å². The normalized spacial score (nSPS) is 36.4. The summed E-state index contributed by atoms with van der Waals surface area (Å²) < 4.78 is 3.65. The number of aromatic nitrogens is 2. The highest BCUT2D eigenvalue weighted by Gasteiger charge is 2.66. The molecule has 0 spiro atoms. The molecular weight excluding hydrogens is 348 g/mol. The molecule has 2 aromatic rings. The molecule has 0 amide bonds. The van der Waals surface area contributed by atoms with Gasteiger partial charge in [-0.2, -0.15) is 0 Å². The summed E-state index contributed by atoms with van der Waals surface area (Å²) in [6.07, 6.45) is 5.30. The molecule has 4 heteroatoms. The van der Waals surface area contributed by atoms with Gasteiger partial charge in [0.1, 0.15) is 5.82 Å². The van der Waals surface area contributed by atoms with E-state index < -0.39 is 0 Å². The van der Waals surface area contributed by atoms with Crippen LogP contribution in [0.5, 0.6) is 0 Å². The van der Waals surface area contributed by atoms with Crippen molar-refractivity contribution < 1.29 is 0 Å². The smallest absolute Gasteiger partial charge is 0.111 e. The number of halogens is 2. The molecule has 0 saturated heterocycles. The van der Waals surface area contributed by atoms with E-state index in [1.165, 1.54) is 30.6 Å². The molecular formula is C17H18BrClN2. The lowest BCUT2D eigenvalue weighted by Gasteiger charge is -2.14. The van der Waals surface area contributed by atoms with Crippen molar-refractivity contribution in [3.8, 4) is 0 Å². The summed E-state index contributed by atoms with van der Waals surface area (Å²) in [5.41, 5.74) is 2.42. The third-order valence-electron chi connectivity index (χ3n) is 6.04. The minimum Gasteiger partial charge on any atom is -0.324 e. The van der Waals surface area contributed by atoms with E-state index in [1.54, 1.807) is 0 Å². The summed E-state index contributed by atoms with van der Waals surface area (Å²) in [5.74, 6) is 5.68. The monoisotopic (exact) mass is 364 g/mol. The molecule has 0 N–H and O–H groups in total. The van der Waals surface area contributed by atoms with Crippen molar-refractivity contribution in [1.82, 2.24) is 9.55 Å². The lowest BCUT2D eigenvalue weighted by atomic mass is 10.0. The Labute approximate surface area is 138 Å². The minimum absolute atomic E-state index is 0.652. The lowest BCUT2D eigenvalue weighted by Crippen LogP contribution is -2.09. The molecule has 1 aromatic carbocycles. The van der Waals surface area contributed by atoms with Gasteiger partial charge in [-0.1, -0.05) is 15.9 Å². The maximum atomic E-state index is 6.02. The average Bonchev–Trinajstić information content (AvgIpc) is 2.82. The van der Waals surface area contributed by atoms with Gasteiger partial charge in [0.2, 0.25) is 0 Å². The Morgan fingerprint density at radius 2 is 2.00 bits per heavy atom. The van der Waals surface area contributed by atoms with Crippen LogP contribution in [0.4, 0.5) is 0 Å². The molecule has 110 valence electrons. The molecule has 1 heterocycles. The van der Waals surface area contributed by atoms with Gasteiger partial charge in [0.15, 0.2) is 0 Å². The zero-order chi connectivity index (χ0) is 14.1. The topological polar surface area (TPSA) is 17.8 Å². The van der Waals surface area contributed by atoms with Gasteiger partial charge in [0, 0.05) is 22.8 Å². The number of hydrogen-bond acceptors (Lipinski definition) is 1. The van der Waals surface area contributed by atoms with Crippen molar-refractivity contribution in [3.05, 3.63) is 28.5 Å².